The number of amides is 2. The Morgan fingerprint density at radius 1 is 1.19 bits per heavy atom. The summed E-state index contributed by atoms with van der Waals surface area (Å²) in [6.07, 6.45) is 0.330. The Bertz CT molecular complexity index is 614. The molecule has 2 aliphatic rings. The summed E-state index contributed by atoms with van der Waals surface area (Å²) in [4.78, 5) is 31.2. The summed E-state index contributed by atoms with van der Waals surface area (Å²) in [5.41, 5.74) is 1.30. The van der Waals surface area contributed by atoms with Crippen molar-refractivity contribution in [2.24, 2.45) is 5.92 Å². The molecule has 2 aliphatic heterocycles. The minimum absolute atomic E-state index is 0.0213. The molecule has 1 aromatic carbocycles. The number of hydrogen-bond acceptors (Lipinski definition) is 4. The van der Waals surface area contributed by atoms with Crippen LogP contribution in [0.4, 0.5) is 0 Å². The number of carbonyl (C=O) groups is 2. The average Bonchev–Trinajstić information content (AvgIpc) is 3.05. The van der Waals surface area contributed by atoms with Crippen LogP contribution in [0.3, 0.4) is 0 Å². The van der Waals surface area contributed by atoms with Crippen LogP contribution >= 0.6 is 0 Å². The van der Waals surface area contributed by atoms with Gasteiger partial charge in [-0.3, -0.25) is 14.5 Å². The number of methoxy groups -OCH3 is 1. The van der Waals surface area contributed by atoms with E-state index >= 15 is 0 Å². The number of hydrogen-bond donors (Lipinski definition) is 0. The van der Waals surface area contributed by atoms with E-state index in [0.717, 1.165) is 32.7 Å². The monoisotopic (exact) mass is 359 g/mol. The first-order valence-corrected chi connectivity index (χ1v) is 9.42. The predicted molar refractivity (Wildman–Crippen MR) is 99.5 cm³/mol. The highest BCUT2D eigenvalue weighted by Crippen LogP contribution is 2.23. The molecule has 2 fully saturated rings. The first-order valence-electron chi connectivity index (χ1n) is 9.42. The molecule has 2 saturated heterocycles. The Labute approximate surface area is 155 Å². The third-order valence-corrected chi connectivity index (χ3v) is 5.38. The Morgan fingerprint density at radius 2 is 1.88 bits per heavy atom. The fourth-order valence-electron chi connectivity index (χ4n) is 3.88. The van der Waals surface area contributed by atoms with E-state index in [-0.39, 0.29) is 23.8 Å². The zero-order valence-corrected chi connectivity index (χ0v) is 15.8. The number of carbonyl (C=O) groups excluding carboxylic acids is 2. The van der Waals surface area contributed by atoms with E-state index in [1.165, 1.54) is 5.56 Å². The molecule has 0 N–H and O–H groups in total. The van der Waals surface area contributed by atoms with Gasteiger partial charge >= 0.3 is 0 Å². The number of benzene rings is 1. The predicted octanol–water partition coefficient (Wildman–Crippen LogP) is 1.21. The van der Waals surface area contributed by atoms with Gasteiger partial charge in [0.1, 0.15) is 0 Å². The lowest BCUT2D eigenvalue weighted by Crippen LogP contribution is -2.50. The van der Waals surface area contributed by atoms with E-state index < -0.39 is 0 Å². The molecule has 0 radical (unpaired) electrons. The van der Waals surface area contributed by atoms with Gasteiger partial charge in [-0.25, -0.2) is 0 Å². The maximum Gasteiger partial charge on any atom is 0.228 e. The highest BCUT2D eigenvalue weighted by atomic mass is 16.5. The van der Waals surface area contributed by atoms with Crippen molar-refractivity contribution in [2.45, 2.75) is 25.9 Å². The van der Waals surface area contributed by atoms with E-state index in [0.29, 0.717) is 19.6 Å². The number of likely N-dealkylation sites (tertiary alicyclic amines) is 1. The van der Waals surface area contributed by atoms with Crippen LogP contribution in [0.2, 0.25) is 0 Å². The molecule has 1 aromatic rings. The van der Waals surface area contributed by atoms with Gasteiger partial charge in [-0.1, -0.05) is 30.3 Å². The van der Waals surface area contributed by atoms with Gasteiger partial charge in [-0.2, -0.15) is 0 Å². The second-order valence-corrected chi connectivity index (χ2v) is 7.34. The van der Waals surface area contributed by atoms with Crippen molar-refractivity contribution in [2.75, 3.05) is 46.4 Å². The molecule has 0 aromatic heterocycles. The number of ether oxygens (including phenoxy) is 1. The largest absolute Gasteiger partial charge is 0.383 e. The molecule has 2 atom stereocenters. The maximum absolute atomic E-state index is 12.8. The quantitative estimate of drug-likeness (QED) is 0.766. The Hall–Kier alpha value is -1.92. The van der Waals surface area contributed by atoms with Crippen molar-refractivity contribution >= 4 is 11.8 Å². The number of nitrogens with zero attached hydrogens (tertiary/aromatic N) is 3. The summed E-state index contributed by atoms with van der Waals surface area (Å²) in [7, 11) is 1.63. The van der Waals surface area contributed by atoms with Crippen molar-refractivity contribution in [3.05, 3.63) is 35.9 Å². The summed E-state index contributed by atoms with van der Waals surface area (Å²) in [5.74, 6) is -0.0112. The summed E-state index contributed by atoms with van der Waals surface area (Å²) < 4.78 is 5.14. The van der Waals surface area contributed by atoms with Gasteiger partial charge in [0.25, 0.3) is 0 Å². The molecule has 2 amide bonds. The van der Waals surface area contributed by atoms with Crippen LogP contribution in [0.25, 0.3) is 0 Å². The van der Waals surface area contributed by atoms with Crippen molar-refractivity contribution in [3.63, 3.8) is 0 Å². The molecular formula is C20H29N3O3. The summed E-state index contributed by atoms with van der Waals surface area (Å²) in [6.45, 7) is 7.16. The van der Waals surface area contributed by atoms with E-state index in [1.54, 1.807) is 12.0 Å². The third-order valence-electron chi connectivity index (χ3n) is 5.38. The summed E-state index contributed by atoms with van der Waals surface area (Å²) >= 11 is 0. The standard InChI is InChI=1S/C20H29N3O3/c1-16(15-26-2)23-14-18(12-19(23)24)20(25)22-10-8-21(9-11-22)13-17-6-4-3-5-7-17/h3-7,16,18H,8-15H2,1-2H3/t16-,18-/m1/s1. The minimum Gasteiger partial charge on any atom is -0.383 e. The number of rotatable bonds is 6. The van der Waals surface area contributed by atoms with E-state index in [1.807, 2.05) is 17.9 Å². The zero-order chi connectivity index (χ0) is 18.5. The molecule has 6 heteroatoms. The molecule has 0 spiro atoms. The van der Waals surface area contributed by atoms with E-state index in [9.17, 15) is 9.59 Å². The highest BCUT2D eigenvalue weighted by Gasteiger charge is 2.38. The van der Waals surface area contributed by atoms with Crippen LogP contribution < -0.4 is 0 Å². The van der Waals surface area contributed by atoms with Gasteiger partial charge in [0, 0.05) is 52.8 Å². The van der Waals surface area contributed by atoms with Crippen LogP contribution in [0.1, 0.15) is 18.9 Å². The van der Waals surface area contributed by atoms with Crippen LogP contribution in [0.15, 0.2) is 30.3 Å². The normalized spacial score (nSPS) is 22.7. The molecule has 0 unspecified atom stereocenters. The van der Waals surface area contributed by atoms with Gasteiger partial charge in [-0.15, -0.1) is 0 Å². The molecule has 0 aliphatic carbocycles. The van der Waals surface area contributed by atoms with Crippen LogP contribution in [-0.4, -0.2) is 79.0 Å². The first kappa shape index (κ1) is 18.9. The first-order chi connectivity index (χ1) is 12.6. The highest BCUT2D eigenvalue weighted by molar-refractivity contribution is 5.89. The van der Waals surface area contributed by atoms with Gasteiger partial charge in [0.05, 0.1) is 18.6 Å². The molecule has 0 bridgehead atoms. The molecule has 26 heavy (non-hydrogen) atoms. The topological polar surface area (TPSA) is 53.1 Å². The summed E-state index contributed by atoms with van der Waals surface area (Å²) in [6, 6.07) is 10.4. The SMILES string of the molecule is COC[C@@H](C)N1C[C@H](C(=O)N2CCN(Cc3ccccc3)CC2)CC1=O. The van der Waals surface area contributed by atoms with Crippen molar-refractivity contribution in [1.29, 1.82) is 0 Å². The fraction of sp³-hybridized carbons (Fsp3) is 0.600. The van der Waals surface area contributed by atoms with E-state index in [4.69, 9.17) is 4.74 Å². The van der Waals surface area contributed by atoms with Crippen LogP contribution in [0, 0.1) is 5.92 Å². The molecule has 2 heterocycles. The smallest absolute Gasteiger partial charge is 0.228 e. The fourth-order valence-corrected chi connectivity index (χ4v) is 3.88. The summed E-state index contributed by atoms with van der Waals surface area (Å²) in [5, 5.41) is 0. The Kier molecular flexibility index (Phi) is 6.27. The third kappa shape index (κ3) is 4.43. The van der Waals surface area contributed by atoms with Gasteiger partial charge < -0.3 is 14.5 Å². The lowest BCUT2D eigenvalue weighted by molar-refractivity contribution is -0.137. The second kappa shape index (κ2) is 8.64. The Balaban J connectivity index is 1.49. The molecule has 0 saturated carbocycles. The van der Waals surface area contributed by atoms with Crippen molar-refractivity contribution in [1.82, 2.24) is 14.7 Å². The van der Waals surface area contributed by atoms with Gasteiger partial charge in [0.15, 0.2) is 0 Å². The Morgan fingerprint density at radius 3 is 2.54 bits per heavy atom. The van der Waals surface area contributed by atoms with Crippen LogP contribution in [0.5, 0.6) is 0 Å². The average molecular weight is 359 g/mol. The lowest BCUT2D eigenvalue weighted by atomic mass is 10.1. The molecule has 6 nitrogen and oxygen atoms in total. The minimum atomic E-state index is -0.206. The maximum atomic E-state index is 12.8. The van der Waals surface area contributed by atoms with Crippen molar-refractivity contribution in [3.8, 4) is 0 Å². The van der Waals surface area contributed by atoms with Gasteiger partial charge in [-0.05, 0) is 12.5 Å². The van der Waals surface area contributed by atoms with Crippen molar-refractivity contribution < 1.29 is 14.3 Å². The molecular weight excluding hydrogens is 330 g/mol. The molecule has 142 valence electrons. The lowest BCUT2D eigenvalue weighted by Gasteiger charge is -2.36. The molecule has 3 rings (SSSR count). The zero-order valence-electron chi connectivity index (χ0n) is 15.8. The second-order valence-electron chi connectivity index (χ2n) is 7.34. The number of piperazine rings is 1. The van der Waals surface area contributed by atoms with E-state index in [2.05, 4.69) is 29.2 Å². The van der Waals surface area contributed by atoms with Crippen LogP contribution in [-0.2, 0) is 20.9 Å². The van der Waals surface area contributed by atoms with Gasteiger partial charge in [0.2, 0.25) is 11.8 Å².